The number of ether oxygens (including phenoxy) is 1. The van der Waals surface area contributed by atoms with Gasteiger partial charge in [-0.25, -0.2) is 0 Å². The topological polar surface area (TPSA) is 67.6 Å². The minimum absolute atomic E-state index is 0.0271. The monoisotopic (exact) mass is 293 g/mol. The average Bonchev–Trinajstić information content (AvgIpc) is 2.48. The van der Waals surface area contributed by atoms with Gasteiger partial charge in [0.1, 0.15) is 0 Å². The minimum Gasteiger partial charge on any atom is -0.383 e. The fourth-order valence-corrected chi connectivity index (χ4v) is 2.51. The molecule has 5 nitrogen and oxygen atoms in total. The molecule has 0 aliphatic heterocycles. The predicted molar refractivity (Wildman–Crippen MR) is 86.1 cm³/mol. The Morgan fingerprint density at radius 1 is 1.38 bits per heavy atom. The first-order valence-electron chi connectivity index (χ1n) is 7.38. The van der Waals surface area contributed by atoms with Crippen molar-refractivity contribution in [3.8, 4) is 0 Å². The van der Waals surface area contributed by atoms with Crippen molar-refractivity contribution in [2.75, 3.05) is 25.6 Å². The number of benzene rings is 1. The summed E-state index contributed by atoms with van der Waals surface area (Å²) in [6.07, 6.45) is 0. The molecular weight excluding hydrogens is 266 g/mol. The first-order valence-corrected chi connectivity index (χ1v) is 7.38. The van der Waals surface area contributed by atoms with Gasteiger partial charge in [-0.15, -0.1) is 0 Å². The summed E-state index contributed by atoms with van der Waals surface area (Å²) < 4.78 is 5.18. The molecule has 21 heavy (non-hydrogen) atoms. The number of anilines is 1. The standard InChI is InChI=1S/C16H27N3O2/c1-5-19(12(2)11-21-4)13(3)16(20)18-15-9-7-6-8-14(15)10-17/h6-9,12-13H,5,10-11,17H2,1-4H3,(H,18,20). The molecule has 1 aromatic carbocycles. The lowest BCUT2D eigenvalue weighted by Crippen LogP contribution is -2.48. The zero-order chi connectivity index (χ0) is 15.8. The Labute approximate surface area is 127 Å². The third-order valence-electron chi connectivity index (χ3n) is 3.71. The van der Waals surface area contributed by atoms with Gasteiger partial charge in [0.2, 0.25) is 5.91 Å². The summed E-state index contributed by atoms with van der Waals surface area (Å²) >= 11 is 0. The zero-order valence-electron chi connectivity index (χ0n) is 13.4. The van der Waals surface area contributed by atoms with Crippen molar-refractivity contribution in [1.82, 2.24) is 4.90 Å². The van der Waals surface area contributed by atoms with E-state index in [0.29, 0.717) is 13.2 Å². The first-order chi connectivity index (χ1) is 10.0. The lowest BCUT2D eigenvalue weighted by Gasteiger charge is -2.32. The summed E-state index contributed by atoms with van der Waals surface area (Å²) in [5.74, 6) is -0.0271. The van der Waals surface area contributed by atoms with E-state index in [1.54, 1.807) is 7.11 Å². The Kier molecular flexibility index (Phi) is 7.36. The lowest BCUT2D eigenvalue weighted by atomic mass is 10.1. The van der Waals surface area contributed by atoms with Gasteiger partial charge in [-0.3, -0.25) is 9.69 Å². The lowest BCUT2D eigenvalue weighted by molar-refractivity contribution is -0.121. The van der Waals surface area contributed by atoms with E-state index in [1.807, 2.05) is 38.1 Å². The molecule has 0 saturated carbocycles. The van der Waals surface area contributed by atoms with Gasteiger partial charge < -0.3 is 15.8 Å². The molecule has 2 unspecified atom stereocenters. The summed E-state index contributed by atoms with van der Waals surface area (Å²) in [4.78, 5) is 14.6. The van der Waals surface area contributed by atoms with Crippen LogP contribution in [0.3, 0.4) is 0 Å². The van der Waals surface area contributed by atoms with Crippen LogP contribution in [-0.2, 0) is 16.1 Å². The van der Waals surface area contributed by atoms with Gasteiger partial charge in [0.25, 0.3) is 0 Å². The minimum atomic E-state index is -0.231. The van der Waals surface area contributed by atoms with Gasteiger partial charge in [-0.05, 0) is 32.0 Å². The van der Waals surface area contributed by atoms with Gasteiger partial charge in [0.05, 0.1) is 12.6 Å². The van der Waals surface area contributed by atoms with Crippen molar-refractivity contribution >= 4 is 11.6 Å². The van der Waals surface area contributed by atoms with Gasteiger partial charge in [-0.1, -0.05) is 25.1 Å². The zero-order valence-corrected chi connectivity index (χ0v) is 13.4. The molecule has 0 aromatic heterocycles. The van der Waals surface area contributed by atoms with Crippen molar-refractivity contribution in [3.05, 3.63) is 29.8 Å². The molecule has 0 bridgehead atoms. The number of rotatable bonds is 8. The SMILES string of the molecule is CCN(C(C)COC)C(C)C(=O)Nc1ccccc1CN. The Morgan fingerprint density at radius 3 is 2.62 bits per heavy atom. The summed E-state index contributed by atoms with van der Waals surface area (Å²) in [6.45, 7) is 7.81. The molecule has 1 aromatic rings. The molecule has 118 valence electrons. The van der Waals surface area contributed by atoms with Crippen molar-refractivity contribution in [2.24, 2.45) is 5.73 Å². The average molecular weight is 293 g/mol. The van der Waals surface area contributed by atoms with Crippen LogP contribution < -0.4 is 11.1 Å². The van der Waals surface area contributed by atoms with E-state index in [1.165, 1.54) is 0 Å². The summed E-state index contributed by atoms with van der Waals surface area (Å²) in [6, 6.07) is 7.56. The van der Waals surface area contributed by atoms with Crippen molar-refractivity contribution in [3.63, 3.8) is 0 Å². The molecule has 0 aliphatic rings. The number of carbonyl (C=O) groups excluding carboxylic acids is 1. The van der Waals surface area contributed by atoms with Crippen LogP contribution >= 0.6 is 0 Å². The fraction of sp³-hybridized carbons (Fsp3) is 0.562. The molecule has 0 spiro atoms. The largest absolute Gasteiger partial charge is 0.383 e. The van der Waals surface area contributed by atoms with Crippen LogP contribution in [0.2, 0.25) is 0 Å². The highest BCUT2D eigenvalue weighted by molar-refractivity contribution is 5.95. The smallest absolute Gasteiger partial charge is 0.241 e. The quantitative estimate of drug-likeness (QED) is 0.767. The molecule has 0 saturated heterocycles. The van der Waals surface area contributed by atoms with Crippen LogP contribution in [0.25, 0.3) is 0 Å². The normalized spacial score (nSPS) is 14.0. The van der Waals surface area contributed by atoms with Crippen LogP contribution in [0.15, 0.2) is 24.3 Å². The van der Waals surface area contributed by atoms with E-state index < -0.39 is 0 Å². The maximum Gasteiger partial charge on any atom is 0.241 e. The maximum atomic E-state index is 12.5. The number of carbonyl (C=O) groups is 1. The van der Waals surface area contributed by atoms with E-state index in [-0.39, 0.29) is 18.0 Å². The number of nitrogens with zero attached hydrogens (tertiary/aromatic N) is 1. The van der Waals surface area contributed by atoms with E-state index in [9.17, 15) is 4.79 Å². The Balaban J connectivity index is 2.77. The van der Waals surface area contributed by atoms with E-state index >= 15 is 0 Å². The Morgan fingerprint density at radius 2 is 2.05 bits per heavy atom. The molecule has 0 radical (unpaired) electrons. The highest BCUT2D eigenvalue weighted by Gasteiger charge is 2.24. The van der Waals surface area contributed by atoms with Crippen LogP contribution in [-0.4, -0.2) is 43.2 Å². The second-order valence-corrected chi connectivity index (χ2v) is 5.16. The fourth-order valence-electron chi connectivity index (χ4n) is 2.51. The molecule has 0 fully saturated rings. The number of hydrogen-bond acceptors (Lipinski definition) is 4. The van der Waals surface area contributed by atoms with Crippen LogP contribution in [0.5, 0.6) is 0 Å². The van der Waals surface area contributed by atoms with Crippen molar-refractivity contribution in [1.29, 1.82) is 0 Å². The Hall–Kier alpha value is -1.43. The molecule has 2 atom stereocenters. The number of hydrogen-bond donors (Lipinski definition) is 2. The second-order valence-electron chi connectivity index (χ2n) is 5.16. The molecule has 5 heteroatoms. The number of methoxy groups -OCH3 is 1. The molecule has 0 aliphatic carbocycles. The van der Waals surface area contributed by atoms with Crippen molar-refractivity contribution in [2.45, 2.75) is 39.4 Å². The van der Waals surface area contributed by atoms with Crippen LogP contribution in [0.1, 0.15) is 26.3 Å². The van der Waals surface area contributed by atoms with Gasteiger partial charge in [0.15, 0.2) is 0 Å². The highest BCUT2D eigenvalue weighted by Crippen LogP contribution is 2.16. The first kappa shape index (κ1) is 17.6. The van der Waals surface area contributed by atoms with Crippen molar-refractivity contribution < 1.29 is 9.53 Å². The number of nitrogens with two attached hydrogens (primary N) is 1. The third-order valence-corrected chi connectivity index (χ3v) is 3.71. The van der Waals surface area contributed by atoms with E-state index in [4.69, 9.17) is 10.5 Å². The second kappa shape index (κ2) is 8.77. The molecule has 1 amide bonds. The van der Waals surface area contributed by atoms with Gasteiger partial charge >= 0.3 is 0 Å². The molecule has 1 rings (SSSR count). The maximum absolute atomic E-state index is 12.5. The van der Waals surface area contributed by atoms with E-state index in [0.717, 1.165) is 17.8 Å². The number of para-hydroxylation sites is 1. The van der Waals surface area contributed by atoms with Crippen LogP contribution in [0.4, 0.5) is 5.69 Å². The van der Waals surface area contributed by atoms with E-state index in [2.05, 4.69) is 17.1 Å². The Bertz CT molecular complexity index is 451. The number of nitrogens with one attached hydrogen (secondary N) is 1. The summed E-state index contributed by atoms with van der Waals surface area (Å²) in [5, 5.41) is 2.97. The van der Waals surface area contributed by atoms with Gasteiger partial charge in [-0.2, -0.15) is 0 Å². The molecule has 0 heterocycles. The molecular formula is C16H27N3O2. The number of likely N-dealkylation sites (N-methyl/N-ethyl adjacent to an activating group) is 1. The van der Waals surface area contributed by atoms with Gasteiger partial charge in [0, 0.05) is 25.4 Å². The highest BCUT2D eigenvalue weighted by atomic mass is 16.5. The molecule has 3 N–H and O–H groups in total. The third kappa shape index (κ3) is 4.81. The summed E-state index contributed by atoms with van der Waals surface area (Å²) in [5.41, 5.74) is 7.42. The summed E-state index contributed by atoms with van der Waals surface area (Å²) in [7, 11) is 1.67. The van der Waals surface area contributed by atoms with Crippen LogP contribution in [0, 0.1) is 0 Å². The number of amides is 1. The predicted octanol–water partition coefficient (Wildman–Crippen LogP) is 1.83.